The molecule has 0 radical (unpaired) electrons. The second-order valence-electron chi connectivity index (χ2n) is 11.9. The van der Waals surface area contributed by atoms with Crippen molar-refractivity contribution in [3.05, 3.63) is 91.8 Å². The summed E-state index contributed by atoms with van der Waals surface area (Å²) in [7, 11) is 1.18. The fraction of sp³-hybridized carbons (Fsp3) is 0.394. The number of hydrogen-bond donors (Lipinski definition) is 1. The smallest absolute Gasteiger partial charge is 0.407 e. The molecule has 0 spiro atoms. The first-order chi connectivity index (χ1) is 20.6. The van der Waals surface area contributed by atoms with Gasteiger partial charge in [-0.3, -0.25) is 15.1 Å². The lowest BCUT2D eigenvalue weighted by atomic mass is 9.89. The van der Waals surface area contributed by atoms with Gasteiger partial charge in [-0.1, -0.05) is 43.7 Å². The number of nitro groups is 1. The molecule has 11 heteroatoms. The van der Waals surface area contributed by atoms with Gasteiger partial charge in [0.2, 0.25) is 0 Å². The van der Waals surface area contributed by atoms with Gasteiger partial charge in [-0.05, 0) is 64.7 Å². The minimum atomic E-state index is -0.744. The van der Waals surface area contributed by atoms with Crippen molar-refractivity contribution >= 4 is 23.7 Å². The monoisotopic (exact) mass is 605 g/mol. The number of nitro benzene ring substituents is 1. The van der Waals surface area contributed by atoms with Crippen LogP contribution in [0, 0.1) is 29.9 Å². The van der Waals surface area contributed by atoms with E-state index in [1.165, 1.54) is 19.2 Å². The lowest BCUT2D eigenvalue weighted by Gasteiger charge is -2.23. The highest BCUT2D eigenvalue weighted by Gasteiger charge is 2.27. The zero-order valence-corrected chi connectivity index (χ0v) is 26.4. The van der Waals surface area contributed by atoms with Crippen molar-refractivity contribution in [2.75, 3.05) is 7.11 Å². The molecule has 2 aromatic carbocycles. The summed E-state index contributed by atoms with van der Waals surface area (Å²) in [5.74, 6) is -1.25. The molecule has 234 valence electrons. The van der Waals surface area contributed by atoms with Crippen LogP contribution < -0.4 is 5.32 Å². The molecule has 44 heavy (non-hydrogen) atoms. The highest BCUT2D eigenvalue weighted by atomic mass is 16.6. The van der Waals surface area contributed by atoms with Crippen molar-refractivity contribution in [3.63, 3.8) is 0 Å². The Hall–Kier alpha value is -4.80. The van der Waals surface area contributed by atoms with Crippen LogP contribution in [0.2, 0.25) is 0 Å². The standard InChI is InChI=1S/C33H39N3O8/c1-19(2)15-26-25(17-34-32(39)44-33(5,6)7)29(22-11-9-20(3)10-12-22)28(21(4)35-26)31(38)43-18-24-14-13-23(30(37)42-8)16-27(24)36(40)41/h9-14,16,19H,15,17-18H2,1-8H3,(H,34,39). The Balaban J connectivity index is 2.11. The number of benzene rings is 2. The molecule has 3 aromatic rings. The number of pyridine rings is 1. The Morgan fingerprint density at radius 1 is 1.02 bits per heavy atom. The van der Waals surface area contributed by atoms with Crippen LogP contribution in [0.5, 0.6) is 0 Å². The first-order valence-electron chi connectivity index (χ1n) is 14.2. The Labute approximate surface area is 257 Å². The van der Waals surface area contributed by atoms with Crippen molar-refractivity contribution in [2.24, 2.45) is 5.92 Å². The fourth-order valence-corrected chi connectivity index (χ4v) is 4.63. The van der Waals surface area contributed by atoms with E-state index >= 15 is 0 Å². The quantitative estimate of drug-likeness (QED) is 0.116. The summed E-state index contributed by atoms with van der Waals surface area (Å²) in [5, 5.41) is 14.6. The van der Waals surface area contributed by atoms with E-state index in [-0.39, 0.29) is 34.8 Å². The first kappa shape index (κ1) is 33.7. The molecule has 0 fully saturated rings. The Kier molecular flexibility index (Phi) is 10.8. The maximum absolute atomic E-state index is 13.8. The van der Waals surface area contributed by atoms with Gasteiger partial charge in [0.1, 0.15) is 12.2 Å². The lowest BCUT2D eigenvalue weighted by molar-refractivity contribution is -0.385. The average molecular weight is 606 g/mol. The van der Waals surface area contributed by atoms with Crippen molar-refractivity contribution in [1.82, 2.24) is 10.3 Å². The molecule has 1 N–H and O–H groups in total. The number of esters is 2. The zero-order valence-electron chi connectivity index (χ0n) is 26.4. The number of carbonyl (C=O) groups excluding carboxylic acids is 3. The maximum atomic E-state index is 13.8. The number of nitrogens with one attached hydrogen (secondary N) is 1. The maximum Gasteiger partial charge on any atom is 0.407 e. The zero-order chi connectivity index (χ0) is 32.8. The molecule has 0 saturated carbocycles. The number of aromatic nitrogens is 1. The van der Waals surface area contributed by atoms with E-state index in [1.54, 1.807) is 27.7 Å². The Morgan fingerprint density at radius 3 is 2.25 bits per heavy atom. The summed E-state index contributed by atoms with van der Waals surface area (Å²) >= 11 is 0. The van der Waals surface area contributed by atoms with E-state index in [1.807, 2.05) is 45.0 Å². The van der Waals surface area contributed by atoms with Gasteiger partial charge < -0.3 is 19.5 Å². The largest absolute Gasteiger partial charge is 0.465 e. The van der Waals surface area contributed by atoms with Gasteiger partial charge in [0.15, 0.2) is 0 Å². The first-order valence-corrected chi connectivity index (χ1v) is 14.2. The van der Waals surface area contributed by atoms with Crippen molar-refractivity contribution in [2.45, 2.75) is 73.6 Å². The normalized spacial score (nSPS) is 11.2. The van der Waals surface area contributed by atoms with Gasteiger partial charge in [0.25, 0.3) is 5.69 Å². The Morgan fingerprint density at radius 2 is 1.68 bits per heavy atom. The van der Waals surface area contributed by atoms with Gasteiger partial charge in [-0.15, -0.1) is 0 Å². The number of methoxy groups -OCH3 is 1. The number of rotatable bonds is 10. The molecule has 1 aromatic heterocycles. The van der Waals surface area contributed by atoms with Crippen LogP contribution in [0.15, 0.2) is 42.5 Å². The third-order valence-corrected chi connectivity index (χ3v) is 6.58. The summed E-state index contributed by atoms with van der Waals surface area (Å²) in [6.45, 7) is 12.7. The predicted octanol–water partition coefficient (Wildman–Crippen LogP) is 6.64. The molecule has 0 aliphatic rings. The van der Waals surface area contributed by atoms with Gasteiger partial charge in [-0.2, -0.15) is 0 Å². The number of aryl methyl sites for hydroxylation is 2. The van der Waals surface area contributed by atoms with Crippen LogP contribution in [0.25, 0.3) is 11.1 Å². The molecule has 0 aliphatic heterocycles. The fourth-order valence-electron chi connectivity index (χ4n) is 4.63. The second kappa shape index (κ2) is 14.1. The van der Waals surface area contributed by atoms with Crippen LogP contribution in [-0.4, -0.2) is 40.6 Å². The molecule has 0 unspecified atom stereocenters. The third kappa shape index (κ3) is 8.62. The third-order valence-electron chi connectivity index (χ3n) is 6.58. The highest BCUT2D eigenvalue weighted by molar-refractivity contribution is 5.99. The number of amides is 1. The summed E-state index contributed by atoms with van der Waals surface area (Å²) < 4.78 is 15.8. The van der Waals surface area contributed by atoms with Crippen LogP contribution in [0.1, 0.15) is 83.4 Å². The van der Waals surface area contributed by atoms with Crippen LogP contribution in [0.3, 0.4) is 0 Å². The molecule has 11 nitrogen and oxygen atoms in total. The summed E-state index contributed by atoms with van der Waals surface area (Å²) in [6.07, 6.45) is -0.0331. The molecule has 1 heterocycles. The molecule has 3 rings (SSSR count). The number of ether oxygens (including phenoxy) is 3. The molecule has 0 bridgehead atoms. The second-order valence-corrected chi connectivity index (χ2v) is 11.9. The van der Waals surface area contributed by atoms with E-state index in [0.717, 1.165) is 17.3 Å². The van der Waals surface area contributed by atoms with Crippen LogP contribution in [-0.2, 0) is 33.8 Å². The predicted molar refractivity (Wildman–Crippen MR) is 164 cm³/mol. The molecule has 0 atom stereocenters. The van der Waals surface area contributed by atoms with Crippen molar-refractivity contribution < 1.29 is 33.5 Å². The topological polar surface area (TPSA) is 147 Å². The molecule has 0 aliphatic carbocycles. The number of carbonyl (C=O) groups is 3. The molecular formula is C33H39N3O8. The summed E-state index contributed by atoms with van der Waals surface area (Å²) in [6, 6.07) is 11.4. The van der Waals surface area contributed by atoms with Crippen molar-refractivity contribution in [1.29, 1.82) is 0 Å². The summed E-state index contributed by atoms with van der Waals surface area (Å²) in [4.78, 5) is 54.2. The number of hydrogen-bond acceptors (Lipinski definition) is 9. The summed E-state index contributed by atoms with van der Waals surface area (Å²) in [5.41, 5.74) is 3.23. The van der Waals surface area contributed by atoms with Crippen LogP contribution >= 0.6 is 0 Å². The van der Waals surface area contributed by atoms with E-state index in [9.17, 15) is 24.5 Å². The SMILES string of the molecule is COC(=O)c1ccc(COC(=O)c2c(C)nc(CC(C)C)c(CNC(=O)OC(C)(C)C)c2-c2ccc(C)cc2)c([N+](=O)[O-])c1. The Bertz CT molecular complexity index is 1560. The van der Waals surface area contributed by atoms with E-state index in [2.05, 4.69) is 10.1 Å². The van der Waals surface area contributed by atoms with Gasteiger partial charge >= 0.3 is 18.0 Å². The minimum Gasteiger partial charge on any atom is -0.465 e. The molecule has 0 saturated heterocycles. The van der Waals surface area contributed by atoms with Gasteiger partial charge in [0, 0.05) is 29.4 Å². The van der Waals surface area contributed by atoms with Crippen molar-refractivity contribution in [3.8, 4) is 11.1 Å². The molecular weight excluding hydrogens is 566 g/mol. The van der Waals surface area contributed by atoms with Crippen LogP contribution in [0.4, 0.5) is 10.5 Å². The number of alkyl carbamates (subject to hydrolysis) is 1. The van der Waals surface area contributed by atoms with E-state index in [0.29, 0.717) is 28.8 Å². The highest BCUT2D eigenvalue weighted by Crippen LogP contribution is 2.34. The number of nitrogens with zero attached hydrogens (tertiary/aromatic N) is 2. The van der Waals surface area contributed by atoms with Gasteiger partial charge in [-0.25, -0.2) is 14.4 Å². The average Bonchev–Trinajstić information content (AvgIpc) is 2.93. The minimum absolute atomic E-state index is 0.00107. The van der Waals surface area contributed by atoms with E-state index < -0.39 is 35.2 Å². The van der Waals surface area contributed by atoms with Gasteiger partial charge in [0.05, 0.1) is 34.4 Å². The van der Waals surface area contributed by atoms with E-state index in [4.69, 9.17) is 14.5 Å². The molecule has 1 amide bonds. The lowest BCUT2D eigenvalue weighted by Crippen LogP contribution is -2.32.